The van der Waals surface area contributed by atoms with Gasteiger partial charge in [0.15, 0.2) is 0 Å². The second kappa shape index (κ2) is 10.6. The van der Waals surface area contributed by atoms with Gasteiger partial charge in [-0.25, -0.2) is 4.39 Å². The molecule has 0 saturated heterocycles. The number of amides is 1. The summed E-state index contributed by atoms with van der Waals surface area (Å²) in [6.45, 7) is 3.27. The Kier molecular flexibility index (Phi) is 9.26. The van der Waals surface area contributed by atoms with Crippen molar-refractivity contribution in [1.82, 2.24) is 5.32 Å². The molecule has 0 radical (unpaired) electrons. The summed E-state index contributed by atoms with van der Waals surface area (Å²) in [6, 6.07) is 6.50. The van der Waals surface area contributed by atoms with Crippen molar-refractivity contribution < 1.29 is 13.9 Å². The molecule has 1 aliphatic carbocycles. The Labute approximate surface area is 149 Å². The number of hydrogen-bond donors (Lipinski definition) is 2. The zero-order valence-electron chi connectivity index (χ0n) is 14.2. The molecule has 1 aliphatic rings. The second-order valence-electron chi connectivity index (χ2n) is 6.25. The highest BCUT2D eigenvalue weighted by atomic mass is 35.5. The lowest BCUT2D eigenvalue weighted by atomic mass is 9.83. The maximum absolute atomic E-state index is 13.1. The normalized spacial score (nSPS) is 23.4. The highest BCUT2D eigenvalue weighted by Gasteiger charge is 2.32. The lowest BCUT2D eigenvalue weighted by molar-refractivity contribution is -0.128. The Balaban J connectivity index is 0.00000288. The molecule has 1 amide bonds. The van der Waals surface area contributed by atoms with Crippen LogP contribution in [0.15, 0.2) is 24.3 Å². The van der Waals surface area contributed by atoms with Crippen LogP contribution in [0.5, 0.6) is 0 Å². The summed E-state index contributed by atoms with van der Waals surface area (Å²) in [4.78, 5) is 12.3. The van der Waals surface area contributed by atoms with Gasteiger partial charge >= 0.3 is 0 Å². The standard InChI is InChI=1S/C18H27FN2O2.ClH/c1-2-10-23-17-12-14(6-7-16(17)20)18(22)21-9-8-13-4-3-5-15(19)11-13;/h3-5,11,14,16-17H,2,6-10,12,20H2,1H3,(H,21,22);1H/t14-,16+,17+;/m0./s1. The monoisotopic (exact) mass is 358 g/mol. The van der Waals surface area contributed by atoms with Gasteiger partial charge in [0, 0.05) is 25.1 Å². The van der Waals surface area contributed by atoms with E-state index in [4.69, 9.17) is 10.5 Å². The van der Waals surface area contributed by atoms with E-state index in [1.807, 2.05) is 6.07 Å². The largest absolute Gasteiger partial charge is 0.377 e. The highest BCUT2D eigenvalue weighted by molar-refractivity contribution is 5.85. The summed E-state index contributed by atoms with van der Waals surface area (Å²) >= 11 is 0. The van der Waals surface area contributed by atoms with E-state index in [1.54, 1.807) is 6.07 Å². The summed E-state index contributed by atoms with van der Waals surface area (Å²) in [5.74, 6) is -0.228. The maximum atomic E-state index is 13.1. The minimum Gasteiger partial charge on any atom is -0.377 e. The van der Waals surface area contributed by atoms with Gasteiger partial charge in [-0.2, -0.15) is 0 Å². The third kappa shape index (κ3) is 6.38. The first kappa shape index (κ1) is 20.9. The summed E-state index contributed by atoms with van der Waals surface area (Å²) in [6.07, 6.45) is 3.87. The highest BCUT2D eigenvalue weighted by Crippen LogP contribution is 2.26. The molecular weight excluding hydrogens is 331 g/mol. The van der Waals surface area contributed by atoms with Crippen LogP contribution in [0.1, 0.15) is 38.2 Å². The molecule has 0 heterocycles. The number of ether oxygens (including phenoxy) is 1. The van der Waals surface area contributed by atoms with Crippen LogP contribution in [0.4, 0.5) is 4.39 Å². The van der Waals surface area contributed by atoms with Gasteiger partial charge in [-0.15, -0.1) is 12.4 Å². The lowest BCUT2D eigenvalue weighted by Crippen LogP contribution is -2.46. The van der Waals surface area contributed by atoms with E-state index in [9.17, 15) is 9.18 Å². The Hall–Kier alpha value is -1.17. The molecule has 0 unspecified atom stereocenters. The smallest absolute Gasteiger partial charge is 0.223 e. The molecule has 24 heavy (non-hydrogen) atoms. The van der Waals surface area contributed by atoms with E-state index >= 15 is 0 Å². The number of nitrogens with two attached hydrogens (primary N) is 1. The molecule has 1 fully saturated rings. The summed E-state index contributed by atoms with van der Waals surface area (Å²) < 4.78 is 18.9. The van der Waals surface area contributed by atoms with Gasteiger partial charge < -0.3 is 15.8 Å². The zero-order valence-corrected chi connectivity index (χ0v) is 15.0. The number of carbonyl (C=O) groups excluding carboxylic acids is 1. The number of rotatable bonds is 7. The van der Waals surface area contributed by atoms with Crippen LogP contribution < -0.4 is 11.1 Å². The quantitative estimate of drug-likeness (QED) is 0.787. The minimum atomic E-state index is -0.244. The molecule has 2 rings (SSSR count). The average molecular weight is 359 g/mol. The third-order valence-corrected chi connectivity index (χ3v) is 4.35. The first-order valence-corrected chi connectivity index (χ1v) is 8.49. The van der Waals surface area contributed by atoms with Crippen molar-refractivity contribution >= 4 is 18.3 Å². The molecule has 136 valence electrons. The molecule has 4 nitrogen and oxygen atoms in total. The maximum Gasteiger partial charge on any atom is 0.223 e. The summed E-state index contributed by atoms with van der Waals surface area (Å²) in [5.41, 5.74) is 6.97. The fraction of sp³-hybridized carbons (Fsp3) is 0.611. The van der Waals surface area contributed by atoms with E-state index in [2.05, 4.69) is 12.2 Å². The van der Waals surface area contributed by atoms with Gasteiger partial charge in [0.1, 0.15) is 5.82 Å². The Bertz CT molecular complexity index is 516. The third-order valence-electron chi connectivity index (χ3n) is 4.35. The SMILES string of the molecule is CCCO[C@@H]1C[C@@H](C(=O)NCCc2cccc(F)c2)CC[C@H]1N.Cl. The molecule has 1 aromatic rings. The van der Waals surface area contributed by atoms with Crippen molar-refractivity contribution in [2.75, 3.05) is 13.2 Å². The van der Waals surface area contributed by atoms with E-state index < -0.39 is 0 Å². The van der Waals surface area contributed by atoms with Crippen molar-refractivity contribution in [3.8, 4) is 0 Å². The fourth-order valence-electron chi connectivity index (χ4n) is 3.02. The first-order valence-electron chi connectivity index (χ1n) is 8.49. The van der Waals surface area contributed by atoms with E-state index in [-0.39, 0.29) is 42.2 Å². The van der Waals surface area contributed by atoms with Gasteiger partial charge in [-0.05, 0) is 49.8 Å². The van der Waals surface area contributed by atoms with Gasteiger partial charge in [0.25, 0.3) is 0 Å². The van der Waals surface area contributed by atoms with Crippen LogP contribution >= 0.6 is 12.4 Å². The van der Waals surface area contributed by atoms with Crippen molar-refractivity contribution in [1.29, 1.82) is 0 Å². The van der Waals surface area contributed by atoms with Crippen LogP contribution in [0.2, 0.25) is 0 Å². The van der Waals surface area contributed by atoms with E-state index in [1.165, 1.54) is 12.1 Å². The van der Waals surface area contributed by atoms with Gasteiger partial charge in [0.2, 0.25) is 5.91 Å². The molecule has 0 aromatic heterocycles. The number of carbonyl (C=O) groups is 1. The lowest BCUT2D eigenvalue weighted by Gasteiger charge is -2.33. The fourth-order valence-corrected chi connectivity index (χ4v) is 3.02. The summed E-state index contributed by atoms with van der Waals surface area (Å²) in [7, 11) is 0. The van der Waals surface area contributed by atoms with Crippen LogP contribution in [0, 0.1) is 11.7 Å². The molecule has 3 atom stereocenters. The van der Waals surface area contributed by atoms with Crippen LogP contribution in [-0.2, 0) is 16.0 Å². The molecule has 0 bridgehead atoms. The van der Waals surface area contributed by atoms with Crippen molar-refractivity contribution in [2.45, 2.75) is 51.2 Å². The number of hydrogen-bond acceptors (Lipinski definition) is 3. The van der Waals surface area contributed by atoms with Crippen molar-refractivity contribution in [2.24, 2.45) is 11.7 Å². The summed E-state index contributed by atoms with van der Waals surface area (Å²) in [5, 5.41) is 2.95. The Morgan fingerprint density at radius 2 is 2.21 bits per heavy atom. The number of benzene rings is 1. The average Bonchev–Trinajstić information content (AvgIpc) is 2.54. The molecule has 1 saturated carbocycles. The van der Waals surface area contributed by atoms with Gasteiger partial charge in [-0.3, -0.25) is 4.79 Å². The van der Waals surface area contributed by atoms with Crippen LogP contribution in [-0.4, -0.2) is 31.2 Å². The molecule has 3 N–H and O–H groups in total. The molecule has 1 aromatic carbocycles. The van der Waals surface area contributed by atoms with Gasteiger partial charge in [-0.1, -0.05) is 19.1 Å². The Morgan fingerprint density at radius 1 is 1.42 bits per heavy atom. The van der Waals surface area contributed by atoms with E-state index in [0.29, 0.717) is 26.0 Å². The molecule has 0 spiro atoms. The first-order chi connectivity index (χ1) is 11.1. The van der Waals surface area contributed by atoms with Crippen molar-refractivity contribution in [3.05, 3.63) is 35.6 Å². The Morgan fingerprint density at radius 3 is 2.92 bits per heavy atom. The predicted molar refractivity (Wildman–Crippen MR) is 95.7 cm³/mol. The number of nitrogens with one attached hydrogen (secondary N) is 1. The zero-order chi connectivity index (χ0) is 16.7. The minimum absolute atomic E-state index is 0. The molecule has 6 heteroatoms. The molecule has 0 aliphatic heterocycles. The van der Waals surface area contributed by atoms with Crippen molar-refractivity contribution in [3.63, 3.8) is 0 Å². The topological polar surface area (TPSA) is 64.3 Å². The van der Waals surface area contributed by atoms with E-state index in [0.717, 1.165) is 24.8 Å². The number of halogens is 2. The van der Waals surface area contributed by atoms with Crippen LogP contribution in [0.25, 0.3) is 0 Å². The van der Waals surface area contributed by atoms with Gasteiger partial charge in [0.05, 0.1) is 6.10 Å². The second-order valence-corrected chi connectivity index (χ2v) is 6.25. The molecular formula is C18H28ClFN2O2. The van der Waals surface area contributed by atoms with Crippen LogP contribution in [0.3, 0.4) is 0 Å². The predicted octanol–water partition coefficient (Wildman–Crippen LogP) is 2.83.